The molecule has 0 aromatic heterocycles. The zero-order valence-electron chi connectivity index (χ0n) is 15.1. The van der Waals surface area contributed by atoms with Crippen molar-refractivity contribution in [3.05, 3.63) is 35.1 Å². The quantitative estimate of drug-likeness (QED) is 0.906. The molecule has 2 aliphatic heterocycles. The average molecular weight is 347 g/mol. The Kier molecular flexibility index (Phi) is 5.08. The molecule has 2 aliphatic rings. The van der Waals surface area contributed by atoms with Gasteiger partial charge in [0.2, 0.25) is 5.91 Å². The summed E-state index contributed by atoms with van der Waals surface area (Å²) >= 11 is 0. The number of nitrogens with one attached hydrogen (secondary N) is 1. The van der Waals surface area contributed by atoms with Gasteiger partial charge in [0.25, 0.3) is 5.91 Å². The molecule has 5 nitrogen and oxygen atoms in total. The number of nitrogens with zero attached hydrogens (tertiary/aromatic N) is 2. The number of piperidine rings is 1. The van der Waals surface area contributed by atoms with Crippen molar-refractivity contribution >= 4 is 11.8 Å². The fraction of sp³-hybridized carbons (Fsp3) is 0.579. The molecule has 2 bridgehead atoms. The lowest BCUT2D eigenvalue weighted by molar-refractivity contribution is -0.131. The fourth-order valence-corrected chi connectivity index (χ4v) is 4.08. The molecule has 0 aliphatic carbocycles. The molecule has 2 fully saturated rings. The molecule has 0 radical (unpaired) electrons. The van der Waals surface area contributed by atoms with Crippen molar-refractivity contribution < 1.29 is 14.0 Å². The number of carbonyl (C=O) groups is 2. The van der Waals surface area contributed by atoms with Crippen LogP contribution < -0.4 is 5.32 Å². The first-order valence-electron chi connectivity index (χ1n) is 8.87. The van der Waals surface area contributed by atoms with E-state index in [0.29, 0.717) is 24.2 Å². The normalized spacial score (nSPS) is 25.7. The van der Waals surface area contributed by atoms with Gasteiger partial charge in [-0.2, -0.15) is 0 Å². The van der Waals surface area contributed by atoms with Crippen molar-refractivity contribution in [3.8, 4) is 0 Å². The number of halogens is 1. The molecule has 0 spiro atoms. The molecule has 3 rings (SSSR count). The third-order valence-electron chi connectivity index (χ3n) is 5.34. The standard InChI is InChI=1S/C19H26FN3O2/c1-12-6-13(8-14(20)7-12)19(25)21-15-9-16-4-5-17(10-15)23(16)11-18(24)22(2)3/h6-8,15-17H,4-5,9-11H2,1-3H3,(H,21,25). The summed E-state index contributed by atoms with van der Waals surface area (Å²) < 4.78 is 13.5. The summed E-state index contributed by atoms with van der Waals surface area (Å²) in [6.45, 7) is 2.23. The summed E-state index contributed by atoms with van der Waals surface area (Å²) in [6, 6.07) is 5.15. The second-order valence-electron chi connectivity index (χ2n) is 7.50. The van der Waals surface area contributed by atoms with Crippen LogP contribution in [-0.4, -0.2) is 60.4 Å². The van der Waals surface area contributed by atoms with E-state index in [4.69, 9.17) is 0 Å². The maximum atomic E-state index is 13.5. The molecule has 1 aromatic carbocycles. The van der Waals surface area contributed by atoms with Crippen molar-refractivity contribution in [1.82, 2.24) is 15.1 Å². The van der Waals surface area contributed by atoms with Gasteiger partial charge in [-0.25, -0.2) is 4.39 Å². The highest BCUT2D eigenvalue weighted by atomic mass is 19.1. The van der Waals surface area contributed by atoms with E-state index in [2.05, 4.69) is 10.2 Å². The average Bonchev–Trinajstić information content (AvgIpc) is 2.76. The number of fused-ring (bicyclic) bond motifs is 2. The number of likely N-dealkylation sites (N-methyl/N-ethyl adjacent to an activating group) is 1. The third-order valence-corrected chi connectivity index (χ3v) is 5.34. The van der Waals surface area contributed by atoms with Crippen molar-refractivity contribution in [2.45, 2.75) is 50.7 Å². The van der Waals surface area contributed by atoms with E-state index >= 15 is 0 Å². The number of rotatable bonds is 4. The van der Waals surface area contributed by atoms with Crippen LogP contribution >= 0.6 is 0 Å². The lowest BCUT2D eigenvalue weighted by Crippen LogP contribution is -2.52. The van der Waals surface area contributed by atoms with E-state index in [1.165, 1.54) is 12.1 Å². The van der Waals surface area contributed by atoms with Gasteiger partial charge >= 0.3 is 0 Å². The molecule has 2 unspecified atom stereocenters. The number of hydrogen-bond acceptors (Lipinski definition) is 3. The van der Waals surface area contributed by atoms with Gasteiger partial charge in [-0.15, -0.1) is 0 Å². The van der Waals surface area contributed by atoms with Crippen LogP contribution in [0.15, 0.2) is 18.2 Å². The van der Waals surface area contributed by atoms with Gasteiger partial charge in [-0.05, 0) is 56.4 Å². The summed E-state index contributed by atoms with van der Waals surface area (Å²) in [4.78, 5) is 28.4. The predicted molar refractivity (Wildman–Crippen MR) is 93.8 cm³/mol. The Hall–Kier alpha value is -1.95. The molecule has 0 saturated carbocycles. The molecule has 1 N–H and O–H groups in total. The summed E-state index contributed by atoms with van der Waals surface area (Å²) in [5, 5.41) is 3.06. The number of aryl methyl sites for hydroxylation is 1. The topological polar surface area (TPSA) is 52.7 Å². The lowest BCUT2D eigenvalue weighted by Gasteiger charge is -2.39. The zero-order chi connectivity index (χ0) is 18.1. The largest absolute Gasteiger partial charge is 0.349 e. The molecule has 136 valence electrons. The highest BCUT2D eigenvalue weighted by Crippen LogP contribution is 2.35. The first-order chi connectivity index (χ1) is 11.8. The van der Waals surface area contributed by atoms with Gasteiger partial charge in [-0.3, -0.25) is 14.5 Å². The molecule has 2 atom stereocenters. The molecule has 1 aromatic rings. The number of benzene rings is 1. The van der Waals surface area contributed by atoms with Crippen molar-refractivity contribution in [1.29, 1.82) is 0 Å². The maximum Gasteiger partial charge on any atom is 0.251 e. The Balaban J connectivity index is 1.61. The smallest absolute Gasteiger partial charge is 0.251 e. The molecule has 25 heavy (non-hydrogen) atoms. The predicted octanol–water partition coefficient (Wildman–Crippen LogP) is 1.95. The molecular formula is C19H26FN3O2. The van der Waals surface area contributed by atoms with E-state index < -0.39 is 0 Å². The monoisotopic (exact) mass is 347 g/mol. The SMILES string of the molecule is Cc1cc(F)cc(C(=O)NC2CC3CCC(C2)N3CC(=O)N(C)C)c1. The molecule has 2 amide bonds. The van der Waals surface area contributed by atoms with Crippen LogP contribution in [0.1, 0.15) is 41.6 Å². The minimum Gasteiger partial charge on any atom is -0.349 e. The summed E-state index contributed by atoms with van der Waals surface area (Å²) in [7, 11) is 3.55. The summed E-state index contributed by atoms with van der Waals surface area (Å²) in [5.74, 6) is -0.485. The Morgan fingerprint density at radius 1 is 1.20 bits per heavy atom. The van der Waals surface area contributed by atoms with Crippen LogP contribution in [0.25, 0.3) is 0 Å². The fourth-order valence-electron chi connectivity index (χ4n) is 4.08. The van der Waals surface area contributed by atoms with E-state index in [0.717, 1.165) is 31.2 Å². The maximum absolute atomic E-state index is 13.5. The van der Waals surface area contributed by atoms with Crippen molar-refractivity contribution in [2.75, 3.05) is 20.6 Å². The first kappa shape index (κ1) is 17.9. The van der Waals surface area contributed by atoms with E-state index in [-0.39, 0.29) is 23.7 Å². The van der Waals surface area contributed by atoms with Gasteiger partial charge in [0.05, 0.1) is 6.54 Å². The van der Waals surface area contributed by atoms with Crippen LogP contribution in [0.4, 0.5) is 4.39 Å². The van der Waals surface area contributed by atoms with Gasteiger partial charge in [0.15, 0.2) is 0 Å². The van der Waals surface area contributed by atoms with Crippen LogP contribution in [0, 0.1) is 12.7 Å². The van der Waals surface area contributed by atoms with E-state index in [1.54, 1.807) is 32.0 Å². The highest BCUT2D eigenvalue weighted by Gasteiger charge is 2.41. The van der Waals surface area contributed by atoms with Gasteiger partial charge in [-0.1, -0.05) is 0 Å². The first-order valence-corrected chi connectivity index (χ1v) is 8.87. The minimum absolute atomic E-state index is 0.0827. The van der Waals surface area contributed by atoms with Gasteiger partial charge in [0.1, 0.15) is 5.82 Å². The molecule has 6 heteroatoms. The Morgan fingerprint density at radius 2 is 1.84 bits per heavy atom. The zero-order valence-corrected chi connectivity index (χ0v) is 15.1. The van der Waals surface area contributed by atoms with Crippen LogP contribution in [0.3, 0.4) is 0 Å². The Labute approximate surface area is 148 Å². The van der Waals surface area contributed by atoms with Crippen molar-refractivity contribution in [2.24, 2.45) is 0 Å². The highest BCUT2D eigenvalue weighted by molar-refractivity contribution is 5.94. The number of carbonyl (C=O) groups excluding carboxylic acids is 2. The third kappa shape index (κ3) is 4.00. The minimum atomic E-state index is -0.387. The number of hydrogen-bond donors (Lipinski definition) is 1. The second-order valence-corrected chi connectivity index (χ2v) is 7.50. The van der Waals surface area contributed by atoms with Gasteiger partial charge < -0.3 is 10.2 Å². The van der Waals surface area contributed by atoms with Crippen LogP contribution in [-0.2, 0) is 4.79 Å². The van der Waals surface area contributed by atoms with E-state index in [1.807, 2.05) is 0 Å². The molecule has 2 saturated heterocycles. The summed E-state index contributed by atoms with van der Waals surface area (Å²) in [5.41, 5.74) is 1.11. The van der Waals surface area contributed by atoms with Gasteiger partial charge in [0, 0.05) is 37.8 Å². The van der Waals surface area contributed by atoms with E-state index in [9.17, 15) is 14.0 Å². The number of amides is 2. The summed E-state index contributed by atoms with van der Waals surface area (Å²) in [6.07, 6.45) is 3.82. The molecular weight excluding hydrogens is 321 g/mol. The van der Waals surface area contributed by atoms with Crippen LogP contribution in [0.2, 0.25) is 0 Å². The van der Waals surface area contributed by atoms with Crippen LogP contribution in [0.5, 0.6) is 0 Å². The lowest BCUT2D eigenvalue weighted by atomic mass is 9.96. The second kappa shape index (κ2) is 7.12. The Bertz CT molecular complexity index is 642. The van der Waals surface area contributed by atoms with Crippen molar-refractivity contribution in [3.63, 3.8) is 0 Å². The Morgan fingerprint density at radius 3 is 2.40 bits per heavy atom. The molecule has 2 heterocycles.